The van der Waals surface area contributed by atoms with Gasteiger partial charge in [-0.15, -0.1) is 0 Å². The van der Waals surface area contributed by atoms with Crippen molar-refractivity contribution in [2.45, 2.75) is 44.8 Å². The normalized spacial score (nSPS) is 22.7. The van der Waals surface area contributed by atoms with E-state index in [1.165, 1.54) is 7.11 Å². The van der Waals surface area contributed by atoms with Crippen LogP contribution in [0.4, 0.5) is 0 Å². The molecule has 1 rings (SSSR count). The zero-order valence-electron chi connectivity index (χ0n) is 13.1. The average molecular weight is 321 g/mol. The van der Waals surface area contributed by atoms with Gasteiger partial charge in [0.1, 0.15) is 0 Å². The maximum absolute atomic E-state index is 12.2. The highest BCUT2D eigenvalue weighted by molar-refractivity contribution is 7.90. The van der Waals surface area contributed by atoms with Gasteiger partial charge < -0.3 is 9.47 Å². The van der Waals surface area contributed by atoms with Crippen LogP contribution in [0.1, 0.15) is 39.5 Å². The zero-order chi connectivity index (χ0) is 15.9. The van der Waals surface area contributed by atoms with Crippen molar-refractivity contribution in [1.29, 1.82) is 0 Å². The van der Waals surface area contributed by atoms with Crippen LogP contribution < -0.4 is 4.72 Å². The summed E-state index contributed by atoms with van der Waals surface area (Å²) in [6.07, 6.45) is 2.77. The molecule has 1 fully saturated rings. The van der Waals surface area contributed by atoms with Crippen LogP contribution in [-0.2, 0) is 24.3 Å². The van der Waals surface area contributed by atoms with Gasteiger partial charge in [0.25, 0.3) is 0 Å². The van der Waals surface area contributed by atoms with E-state index in [0.29, 0.717) is 32.0 Å². The number of ether oxygens (including phenoxy) is 2. The van der Waals surface area contributed by atoms with Gasteiger partial charge in [0.15, 0.2) is 0 Å². The molecule has 0 amide bonds. The molecule has 7 heteroatoms. The van der Waals surface area contributed by atoms with E-state index in [4.69, 9.17) is 4.74 Å². The molecule has 0 aliphatic heterocycles. The zero-order valence-corrected chi connectivity index (χ0v) is 13.9. The highest BCUT2D eigenvalue weighted by atomic mass is 32.2. The molecule has 1 aliphatic carbocycles. The summed E-state index contributed by atoms with van der Waals surface area (Å²) < 4.78 is 37.1. The Morgan fingerprint density at radius 2 is 2.00 bits per heavy atom. The predicted molar refractivity (Wildman–Crippen MR) is 80.3 cm³/mol. The Bertz CT molecular complexity index is 421. The number of hydrogen-bond donors (Lipinski definition) is 1. The lowest BCUT2D eigenvalue weighted by Crippen LogP contribution is -2.40. The van der Waals surface area contributed by atoms with Crippen LogP contribution in [0.5, 0.6) is 0 Å². The topological polar surface area (TPSA) is 81.7 Å². The fraction of sp³-hybridized carbons (Fsp3) is 0.929. The molecular weight excluding hydrogens is 294 g/mol. The molecule has 1 aliphatic rings. The summed E-state index contributed by atoms with van der Waals surface area (Å²) in [5.41, 5.74) is 0. The second-order valence-corrected chi connectivity index (χ2v) is 7.82. The lowest BCUT2D eigenvalue weighted by molar-refractivity contribution is -0.145. The van der Waals surface area contributed by atoms with Crippen molar-refractivity contribution >= 4 is 16.0 Å². The van der Waals surface area contributed by atoms with Gasteiger partial charge in [0.05, 0.1) is 24.9 Å². The Morgan fingerprint density at radius 3 is 2.62 bits per heavy atom. The van der Waals surface area contributed by atoms with Crippen LogP contribution in [0, 0.1) is 11.8 Å². The standard InChI is InChI=1S/C14H27NO5S/c1-11(2)7-9-20-10-8-15-21(17,18)13-6-4-5-12(13)14(16)19-3/h11-13,15H,4-10H2,1-3H3. The number of esters is 1. The first-order valence-corrected chi connectivity index (χ1v) is 9.07. The minimum Gasteiger partial charge on any atom is -0.469 e. The SMILES string of the molecule is COC(=O)C1CCCC1S(=O)(=O)NCCOCCC(C)C. The molecule has 1 saturated carbocycles. The minimum absolute atomic E-state index is 0.241. The summed E-state index contributed by atoms with van der Waals surface area (Å²) in [6.45, 7) is 5.44. The second-order valence-electron chi connectivity index (χ2n) is 5.83. The summed E-state index contributed by atoms with van der Waals surface area (Å²) in [5.74, 6) is -0.411. The van der Waals surface area contributed by atoms with E-state index in [2.05, 4.69) is 23.3 Å². The van der Waals surface area contributed by atoms with E-state index in [0.717, 1.165) is 12.8 Å². The van der Waals surface area contributed by atoms with Crippen LogP contribution >= 0.6 is 0 Å². The Labute approximate surface area is 127 Å². The van der Waals surface area contributed by atoms with Crippen molar-refractivity contribution in [3.8, 4) is 0 Å². The van der Waals surface area contributed by atoms with E-state index in [1.54, 1.807) is 0 Å². The monoisotopic (exact) mass is 321 g/mol. The quantitative estimate of drug-likeness (QED) is 0.511. The van der Waals surface area contributed by atoms with Crippen molar-refractivity contribution in [2.75, 3.05) is 26.9 Å². The molecule has 2 unspecified atom stereocenters. The van der Waals surface area contributed by atoms with Gasteiger partial charge in [0, 0.05) is 13.2 Å². The summed E-state index contributed by atoms with van der Waals surface area (Å²) in [5, 5.41) is -0.680. The van der Waals surface area contributed by atoms with Gasteiger partial charge in [0.2, 0.25) is 10.0 Å². The minimum atomic E-state index is -3.50. The molecule has 0 spiro atoms. The Balaban J connectivity index is 2.37. The molecule has 21 heavy (non-hydrogen) atoms. The first-order valence-electron chi connectivity index (χ1n) is 7.52. The summed E-state index contributed by atoms with van der Waals surface area (Å²) in [4.78, 5) is 11.6. The van der Waals surface area contributed by atoms with Gasteiger partial charge >= 0.3 is 5.97 Å². The molecule has 0 saturated heterocycles. The Morgan fingerprint density at radius 1 is 1.29 bits per heavy atom. The van der Waals surface area contributed by atoms with Crippen molar-refractivity contribution in [3.05, 3.63) is 0 Å². The third kappa shape index (κ3) is 5.92. The molecule has 0 heterocycles. The van der Waals surface area contributed by atoms with E-state index in [-0.39, 0.29) is 6.54 Å². The Hall–Kier alpha value is -0.660. The van der Waals surface area contributed by atoms with E-state index >= 15 is 0 Å². The van der Waals surface area contributed by atoms with E-state index in [1.807, 2.05) is 0 Å². The number of carbonyl (C=O) groups is 1. The number of nitrogens with one attached hydrogen (secondary N) is 1. The largest absolute Gasteiger partial charge is 0.469 e. The van der Waals surface area contributed by atoms with E-state index < -0.39 is 27.2 Å². The van der Waals surface area contributed by atoms with Crippen molar-refractivity contribution < 1.29 is 22.7 Å². The van der Waals surface area contributed by atoms with Crippen LogP contribution in [-0.4, -0.2) is 46.5 Å². The smallest absolute Gasteiger partial charge is 0.310 e. The number of carbonyl (C=O) groups excluding carboxylic acids is 1. The molecule has 6 nitrogen and oxygen atoms in total. The number of sulfonamides is 1. The van der Waals surface area contributed by atoms with Crippen molar-refractivity contribution in [1.82, 2.24) is 4.72 Å². The molecule has 0 aromatic heterocycles. The highest BCUT2D eigenvalue weighted by Gasteiger charge is 2.41. The summed E-state index contributed by atoms with van der Waals surface area (Å²) >= 11 is 0. The predicted octanol–water partition coefficient (Wildman–Crippen LogP) is 1.31. The summed E-state index contributed by atoms with van der Waals surface area (Å²) in [6, 6.07) is 0. The second kappa shape index (κ2) is 8.70. The average Bonchev–Trinajstić information content (AvgIpc) is 2.91. The Kier molecular flexibility index (Phi) is 7.62. The van der Waals surface area contributed by atoms with Crippen molar-refractivity contribution in [2.24, 2.45) is 11.8 Å². The third-order valence-electron chi connectivity index (χ3n) is 3.74. The van der Waals surface area contributed by atoms with Gasteiger partial charge in [-0.2, -0.15) is 0 Å². The summed E-state index contributed by atoms with van der Waals surface area (Å²) in [7, 11) is -2.21. The van der Waals surface area contributed by atoms with Gasteiger partial charge in [-0.1, -0.05) is 20.3 Å². The van der Waals surface area contributed by atoms with Crippen LogP contribution in [0.15, 0.2) is 0 Å². The van der Waals surface area contributed by atoms with Crippen LogP contribution in [0.25, 0.3) is 0 Å². The number of methoxy groups -OCH3 is 1. The first kappa shape index (κ1) is 18.4. The fourth-order valence-electron chi connectivity index (χ4n) is 2.50. The molecule has 0 aromatic rings. The highest BCUT2D eigenvalue weighted by Crippen LogP contribution is 2.31. The first-order chi connectivity index (χ1) is 9.88. The molecule has 0 bridgehead atoms. The third-order valence-corrected chi connectivity index (χ3v) is 5.71. The fourth-order valence-corrected chi connectivity index (χ4v) is 4.24. The number of rotatable bonds is 9. The van der Waals surface area contributed by atoms with Gasteiger partial charge in [-0.3, -0.25) is 4.79 Å². The van der Waals surface area contributed by atoms with Crippen LogP contribution in [0.2, 0.25) is 0 Å². The van der Waals surface area contributed by atoms with E-state index in [9.17, 15) is 13.2 Å². The molecule has 0 aromatic carbocycles. The van der Waals surface area contributed by atoms with Gasteiger partial charge in [-0.25, -0.2) is 13.1 Å². The lowest BCUT2D eigenvalue weighted by atomic mass is 10.1. The van der Waals surface area contributed by atoms with Gasteiger partial charge in [-0.05, 0) is 25.2 Å². The molecule has 124 valence electrons. The molecule has 2 atom stereocenters. The van der Waals surface area contributed by atoms with Crippen molar-refractivity contribution in [3.63, 3.8) is 0 Å². The molecular formula is C14H27NO5S. The maximum atomic E-state index is 12.2. The lowest BCUT2D eigenvalue weighted by Gasteiger charge is -2.18. The molecule has 0 radical (unpaired) electrons. The maximum Gasteiger partial charge on any atom is 0.310 e. The van der Waals surface area contributed by atoms with Crippen LogP contribution in [0.3, 0.4) is 0 Å². The number of hydrogen-bond acceptors (Lipinski definition) is 5. The molecule has 1 N–H and O–H groups in total.